The summed E-state index contributed by atoms with van der Waals surface area (Å²) in [5.74, 6) is 1.38. The lowest BCUT2D eigenvalue weighted by Gasteiger charge is -2.25. The fraction of sp³-hybridized carbons (Fsp3) is 0.353. The van der Waals surface area contributed by atoms with Crippen molar-refractivity contribution in [2.75, 3.05) is 20.8 Å². The Morgan fingerprint density at radius 2 is 2.05 bits per heavy atom. The van der Waals surface area contributed by atoms with Gasteiger partial charge in [-0.3, -0.25) is 4.79 Å². The highest BCUT2D eigenvalue weighted by Gasteiger charge is 2.31. The summed E-state index contributed by atoms with van der Waals surface area (Å²) >= 11 is 0. The molecule has 0 spiro atoms. The summed E-state index contributed by atoms with van der Waals surface area (Å²) in [5, 5.41) is 0. The Morgan fingerprint density at radius 3 is 2.73 bits per heavy atom. The van der Waals surface area contributed by atoms with Crippen molar-refractivity contribution in [2.45, 2.75) is 18.9 Å². The standard InChI is InChI=1S/C17H19NO4/c1-20-15-6-5-12(10-16(15)21-2)14-4-3-8-18(14)17(19)13-7-9-22-11-13/h5-7,9-11,14H,3-4,8H2,1-2H3/t14-/m1/s1. The molecule has 116 valence electrons. The summed E-state index contributed by atoms with van der Waals surface area (Å²) in [4.78, 5) is 14.5. The summed E-state index contributed by atoms with van der Waals surface area (Å²) in [6.45, 7) is 0.753. The summed E-state index contributed by atoms with van der Waals surface area (Å²) in [7, 11) is 3.23. The Balaban J connectivity index is 1.88. The molecule has 1 saturated heterocycles. The molecular weight excluding hydrogens is 282 g/mol. The van der Waals surface area contributed by atoms with Gasteiger partial charge in [-0.2, -0.15) is 0 Å². The van der Waals surface area contributed by atoms with Crippen LogP contribution in [0.4, 0.5) is 0 Å². The van der Waals surface area contributed by atoms with Gasteiger partial charge in [0.05, 0.1) is 32.1 Å². The highest BCUT2D eigenvalue weighted by Crippen LogP contribution is 2.37. The molecule has 1 aliphatic rings. The molecule has 1 aromatic heterocycles. The molecular formula is C17H19NO4. The number of methoxy groups -OCH3 is 2. The van der Waals surface area contributed by atoms with Gasteiger partial charge in [0.25, 0.3) is 5.91 Å². The Kier molecular flexibility index (Phi) is 4.04. The number of benzene rings is 1. The third-order valence-corrected chi connectivity index (χ3v) is 4.07. The van der Waals surface area contributed by atoms with E-state index in [-0.39, 0.29) is 11.9 Å². The molecule has 0 N–H and O–H groups in total. The molecule has 1 amide bonds. The Bertz CT molecular complexity index is 651. The van der Waals surface area contributed by atoms with Gasteiger partial charge in [0.2, 0.25) is 0 Å². The molecule has 0 saturated carbocycles. The lowest BCUT2D eigenvalue weighted by molar-refractivity contribution is 0.0734. The van der Waals surface area contributed by atoms with Crippen molar-refractivity contribution in [3.8, 4) is 11.5 Å². The van der Waals surface area contributed by atoms with Gasteiger partial charge < -0.3 is 18.8 Å². The molecule has 0 aliphatic carbocycles. The minimum Gasteiger partial charge on any atom is -0.493 e. The van der Waals surface area contributed by atoms with E-state index in [0.29, 0.717) is 17.1 Å². The van der Waals surface area contributed by atoms with Crippen molar-refractivity contribution < 1.29 is 18.7 Å². The van der Waals surface area contributed by atoms with E-state index in [1.807, 2.05) is 23.1 Å². The van der Waals surface area contributed by atoms with Crippen LogP contribution < -0.4 is 9.47 Å². The molecule has 3 rings (SSSR count). The number of hydrogen-bond acceptors (Lipinski definition) is 4. The zero-order chi connectivity index (χ0) is 15.5. The van der Waals surface area contributed by atoms with Crippen LogP contribution in [0.2, 0.25) is 0 Å². The van der Waals surface area contributed by atoms with Crippen LogP contribution in [-0.4, -0.2) is 31.6 Å². The number of likely N-dealkylation sites (tertiary alicyclic amines) is 1. The van der Waals surface area contributed by atoms with Gasteiger partial charge in [-0.1, -0.05) is 6.07 Å². The normalized spacial score (nSPS) is 17.5. The number of carbonyl (C=O) groups excluding carboxylic acids is 1. The van der Waals surface area contributed by atoms with Crippen LogP contribution in [0.5, 0.6) is 11.5 Å². The quantitative estimate of drug-likeness (QED) is 0.869. The predicted molar refractivity (Wildman–Crippen MR) is 81.3 cm³/mol. The van der Waals surface area contributed by atoms with E-state index in [4.69, 9.17) is 13.9 Å². The number of carbonyl (C=O) groups is 1. The number of rotatable bonds is 4. The van der Waals surface area contributed by atoms with Gasteiger partial charge in [0.15, 0.2) is 11.5 Å². The first-order valence-electron chi connectivity index (χ1n) is 7.29. The van der Waals surface area contributed by atoms with E-state index < -0.39 is 0 Å². The molecule has 22 heavy (non-hydrogen) atoms. The Labute approximate surface area is 129 Å². The highest BCUT2D eigenvalue weighted by molar-refractivity contribution is 5.94. The topological polar surface area (TPSA) is 51.9 Å². The molecule has 0 radical (unpaired) electrons. The smallest absolute Gasteiger partial charge is 0.257 e. The Hall–Kier alpha value is -2.43. The van der Waals surface area contributed by atoms with Crippen LogP contribution in [0.25, 0.3) is 0 Å². The fourth-order valence-corrected chi connectivity index (χ4v) is 2.97. The van der Waals surface area contributed by atoms with Gasteiger partial charge in [-0.05, 0) is 36.6 Å². The second-order valence-electron chi connectivity index (χ2n) is 5.28. The molecule has 2 aromatic rings. The van der Waals surface area contributed by atoms with Crippen LogP contribution in [0.1, 0.15) is 34.8 Å². The maximum Gasteiger partial charge on any atom is 0.257 e. The van der Waals surface area contributed by atoms with Gasteiger partial charge in [-0.15, -0.1) is 0 Å². The van der Waals surface area contributed by atoms with Crippen molar-refractivity contribution in [2.24, 2.45) is 0 Å². The third kappa shape index (κ3) is 2.54. The maximum atomic E-state index is 12.6. The van der Waals surface area contributed by atoms with Crippen LogP contribution in [-0.2, 0) is 0 Å². The molecule has 1 atom stereocenters. The van der Waals surface area contributed by atoms with Crippen molar-refractivity contribution in [3.63, 3.8) is 0 Å². The molecule has 1 aliphatic heterocycles. The summed E-state index contributed by atoms with van der Waals surface area (Å²) in [6, 6.07) is 7.58. The lowest BCUT2D eigenvalue weighted by atomic mass is 10.0. The fourth-order valence-electron chi connectivity index (χ4n) is 2.97. The molecule has 0 unspecified atom stereocenters. The monoisotopic (exact) mass is 301 g/mol. The zero-order valence-electron chi connectivity index (χ0n) is 12.7. The maximum absolute atomic E-state index is 12.6. The van der Waals surface area contributed by atoms with Gasteiger partial charge in [-0.25, -0.2) is 0 Å². The summed E-state index contributed by atoms with van der Waals surface area (Å²) < 4.78 is 15.6. The Morgan fingerprint density at radius 1 is 1.23 bits per heavy atom. The highest BCUT2D eigenvalue weighted by atomic mass is 16.5. The van der Waals surface area contributed by atoms with E-state index in [0.717, 1.165) is 24.9 Å². The minimum atomic E-state index is 0.00559. The van der Waals surface area contributed by atoms with Crippen molar-refractivity contribution in [3.05, 3.63) is 47.9 Å². The second-order valence-corrected chi connectivity index (χ2v) is 5.28. The number of amides is 1. The van der Waals surface area contributed by atoms with Gasteiger partial charge >= 0.3 is 0 Å². The van der Waals surface area contributed by atoms with E-state index in [1.54, 1.807) is 20.3 Å². The van der Waals surface area contributed by atoms with Crippen LogP contribution in [0.3, 0.4) is 0 Å². The lowest BCUT2D eigenvalue weighted by Crippen LogP contribution is -2.30. The van der Waals surface area contributed by atoms with E-state index >= 15 is 0 Å². The summed E-state index contributed by atoms with van der Waals surface area (Å²) in [6.07, 6.45) is 4.95. The third-order valence-electron chi connectivity index (χ3n) is 4.07. The summed E-state index contributed by atoms with van der Waals surface area (Å²) in [5.41, 5.74) is 1.65. The second kappa shape index (κ2) is 6.13. The first-order valence-corrected chi connectivity index (χ1v) is 7.29. The zero-order valence-corrected chi connectivity index (χ0v) is 12.7. The van der Waals surface area contributed by atoms with Crippen molar-refractivity contribution in [1.82, 2.24) is 4.90 Å². The van der Waals surface area contributed by atoms with E-state index in [2.05, 4.69) is 0 Å². The number of furan rings is 1. The van der Waals surface area contributed by atoms with Gasteiger partial charge in [0.1, 0.15) is 6.26 Å². The molecule has 1 fully saturated rings. The van der Waals surface area contributed by atoms with E-state index in [9.17, 15) is 4.79 Å². The first kappa shape index (κ1) is 14.5. The van der Waals surface area contributed by atoms with Crippen molar-refractivity contribution in [1.29, 1.82) is 0 Å². The predicted octanol–water partition coefficient (Wildman–Crippen LogP) is 3.27. The minimum absolute atomic E-state index is 0.00559. The number of hydrogen-bond donors (Lipinski definition) is 0. The number of nitrogens with zero attached hydrogens (tertiary/aromatic N) is 1. The average Bonchev–Trinajstić information content (AvgIpc) is 3.24. The van der Waals surface area contributed by atoms with Gasteiger partial charge in [0, 0.05) is 6.54 Å². The first-order chi connectivity index (χ1) is 10.7. The molecule has 5 heteroatoms. The molecule has 0 bridgehead atoms. The molecule has 5 nitrogen and oxygen atoms in total. The van der Waals surface area contributed by atoms with Crippen LogP contribution >= 0.6 is 0 Å². The van der Waals surface area contributed by atoms with Crippen molar-refractivity contribution >= 4 is 5.91 Å². The number of ether oxygens (including phenoxy) is 2. The van der Waals surface area contributed by atoms with Crippen LogP contribution in [0.15, 0.2) is 41.2 Å². The van der Waals surface area contributed by atoms with E-state index in [1.165, 1.54) is 12.5 Å². The largest absolute Gasteiger partial charge is 0.493 e. The van der Waals surface area contributed by atoms with Crippen LogP contribution in [0, 0.1) is 0 Å². The SMILES string of the molecule is COc1ccc([C@H]2CCCN2C(=O)c2ccoc2)cc1OC. The molecule has 2 heterocycles. The average molecular weight is 301 g/mol. The molecule has 1 aromatic carbocycles.